The van der Waals surface area contributed by atoms with Crippen LogP contribution in [-0.2, 0) is 16.0 Å². The van der Waals surface area contributed by atoms with Gasteiger partial charge in [0.1, 0.15) is 12.4 Å². The number of carbonyl (C=O) groups is 1. The van der Waals surface area contributed by atoms with Gasteiger partial charge in [0.15, 0.2) is 0 Å². The maximum absolute atomic E-state index is 14.1. The van der Waals surface area contributed by atoms with Crippen LogP contribution in [0.2, 0.25) is 0 Å². The Morgan fingerprint density at radius 2 is 2.10 bits per heavy atom. The van der Waals surface area contributed by atoms with E-state index in [4.69, 9.17) is 4.74 Å². The number of fused-ring (bicyclic) bond motifs is 1. The lowest BCUT2D eigenvalue weighted by atomic mass is 9.98. The van der Waals surface area contributed by atoms with Crippen molar-refractivity contribution < 1.29 is 22.7 Å². The van der Waals surface area contributed by atoms with Crippen LogP contribution in [-0.4, -0.2) is 25.5 Å². The first-order valence-electron chi connectivity index (χ1n) is 6.59. The highest BCUT2D eigenvalue weighted by Gasteiger charge is 2.20. The fourth-order valence-electron chi connectivity index (χ4n) is 2.18. The van der Waals surface area contributed by atoms with E-state index in [0.717, 1.165) is 5.56 Å². The third-order valence-electron chi connectivity index (χ3n) is 3.21. The van der Waals surface area contributed by atoms with Crippen LogP contribution in [0.5, 0.6) is 0 Å². The Hall–Kier alpha value is -1.08. The third kappa shape index (κ3) is 4.44. The molecule has 2 rings (SSSR count). The summed E-state index contributed by atoms with van der Waals surface area (Å²) in [6.45, 7) is -0.494. The SMILES string of the molecule is O=C1CCc2cc(C(Br)CCOCC(F)F)c(F)cc2N1. The second-order valence-corrected chi connectivity index (χ2v) is 5.91. The summed E-state index contributed by atoms with van der Waals surface area (Å²) < 4.78 is 42.7. The Kier molecular flexibility index (Phi) is 5.64. The van der Waals surface area contributed by atoms with Crippen LogP contribution in [0, 0.1) is 5.82 Å². The number of ether oxygens (including phenoxy) is 1. The molecule has 116 valence electrons. The van der Waals surface area contributed by atoms with Crippen LogP contribution in [0.15, 0.2) is 12.1 Å². The molecule has 0 bridgehead atoms. The number of halogens is 4. The second-order valence-electron chi connectivity index (χ2n) is 4.80. The molecule has 0 spiro atoms. The average molecular weight is 366 g/mol. The smallest absolute Gasteiger partial charge is 0.261 e. The van der Waals surface area contributed by atoms with Crippen LogP contribution in [0.25, 0.3) is 0 Å². The van der Waals surface area contributed by atoms with Gasteiger partial charge in [-0.15, -0.1) is 0 Å². The molecule has 0 aromatic heterocycles. The van der Waals surface area contributed by atoms with E-state index in [1.165, 1.54) is 6.07 Å². The van der Waals surface area contributed by atoms with E-state index >= 15 is 0 Å². The number of carbonyl (C=O) groups excluding carboxylic acids is 1. The minimum absolute atomic E-state index is 0.119. The molecule has 1 heterocycles. The van der Waals surface area contributed by atoms with Crippen molar-refractivity contribution in [3.05, 3.63) is 29.1 Å². The highest BCUT2D eigenvalue weighted by atomic mass is 79.9. The number of benzene rings is 1. The predicted molar refractivity (Wildman–Crippen MR) is 76.5 cm³/mol. The first kappa shape index (κ1) is 16.3. The molecule has 1 aromatic rings. The van der Waals surface area contributed by atoms with Gasteiger partial charge in [-0.25, -0.2) is 13.2 Å². The Labute approximate surface area is 129 Å². The Morgan fingerprint density at radius 3 is 2.81 bits per heavy atom. The van der Waals surface area contributed by atoms with Gasteiger partial charge >= 0.3 is 0 Å². The van der Waals surface area contributed by atoms with Gasteiger partial charge in [0.05, 0.1) is 0 Å². The molecule has 3 nitrogen and oxygen atoms in total. The minimum Gasteiger partial charge on any atom is -0.375 e. The molecule has 1 unspecified atom stereocenters. The standard InChI is InChI=1S/C14H15BrF3NO2/c15-10(3-4-21-7-13(17)18)9-5-8-1-2-14(20)19-12(8)6-11(9)16/h5-6,10,13H,1-4,7H2,(H,19,20). The minimum atomic E-state index is -2.50. The fraction of sp³-hybridized carbons (Fsp3) is 0.500. The fourth-order valence-corrected chi connectivity index (χ4v) is 2.71. The van der Waals surface area contributed by atoms with E-state index in [1.54, 1.807) is 6.07 Å². The van der Waals surface area contributed by atoms with Gasteiger partial charge in [-0.2, -0.15) is 0 Å². The molecule has 0 radical (unpaired) electrons. The maximum atomic E-state index is 14.1. The molecule has 21 heavy (non-hydrogen) atoms. The van der Waals surface area contributed by atoms with E-state index < -0.39 is 18.8 Å². The number of anilines is 1. The lowest BCUT2D eigenvalue weighted by molar-refractivity contribution is -0.116. The molecular formula is C14H15BrF3NO2. The van der Waals surface area contributed by atoms with Crippen molar-refractivity contribution in [2.45, 2.75) is 30.5 Å². The van der Waals surface area contributed by atoms with Gasteiger partial charge in [0.25, 0.3) is 6.43 Å². The number of aryl methyl sites for hydroxylation is 1. The van der Waals surface area contributed by atoms with Crippen LogP contribution >= 0.6 is 15.9 Å². The molecule has 0 saturated heterocycles. The summed E-state index contributed by atoms with van der Waals surface area (Å²) in [5.74, 6) is -0.558. The summed E-state index contributed by atoms with van der Waals surface area (Å²) in [5.41, 5.74) is 1.83. The van der Waals surface area contributed by atoms with Gasteiger partial charge in [-0.05, 0) is 30.5 Å². The van der Waals surface area contributed by atoms with Gasteiger partial charge in [-0.3, -0.25) is 4.79 Å². The monoisotopic (exact) mass is 365 g/mol. The average Bonchev–Trinajstić information content (AvgIpc) is 2.42. The molecule has 0 saturated carbocycles. The Balaban J connectivity index is 2.01. The van der Waals surface area contributed by atoms with E-state index in [0.29, 0.717) is 30.5 Å². The molecule has 1 aliphatic rings. The summed E-state index contributed by atoms with van der Waals surface area (Å²) in [5, 5.41) is 2.63. The summed E-state index contributed by atoms with van der Waals surface area (Å²) in [4.78, 5) is 10.9. The topological polar surface area (TPSA) is 38.3 Å². The predicted octanol–water partition coefficient (Wildman–Crippen LogP) is 3.82. The van der Waals surface area contributed by atoms with Crippen molar-refractivity contribution >= 4 is 27.5 Å². The quantitative estimate of drug-likeness (QED) is 0.614. The number of alkyl halides is 3. The van der Waals surface area contributed by atoms with Crippen molar-refractivity contribution in [1.29, 1.82) is 0 Å². The lowest BCUT2D eigenvalue weighted by Crippen LogP contribution is -2.19. The molecule has 1 N–H and O–H groups in total. The Morgan fingerprint density at radius 1 is 1.33 bits per heavy atom. The second kappa shape index (κ2) is 7.26. The molecule has 1 aliphatic heterocycles. The van der Waals surface area contributed by atoms with E-state index in [9.17, 15) is 18.0 Å². The molecule has 1 amide bonds. The molecule has 0 aliphatic carbocycles. The van der Waals surface area contributed by atoms with Crippen LogP contribution in [0.4, 0.5) is 18.9 Å². The normalized spacial score (nSPS) is 15.8. The lowest BCUT2D eigenvalue weighted by Gasteiger charge is -2.20. The van der Waals surface area contributed by atoms with Crippen LogP contribution < -0.4 is 5.32 Å². The van der Waals surface area contributed by atoms with Gasteiger partial charge < -0.3 is 10.1 Å². The number of nitrogens with one attached hydrogen (secondary N) is 1. The zero-order valence-electron chi connectivity index (χ0n) is 11.2. The molecule has 1 aromatic carbocycles. The van der Waals surface area contributed by atoms with E-state index in [-0.39, 0.29) is 17.3 Å². The summed E-state index contributed by atoms with van der Waals surface area (Å²) in [6, 6.07) is 3.01. The zero-order valence-corrected chi connectivity index (χ0v) is 12.8. The van der Waals surface area contributed by atoms with Crippen molar-refractivity contribution in [2.75, 3.05) is 18.5 Å². The summed E-state index contributed by atoms with van der Waals surface area (Å²) in [7, 11) is 0. The third-order valence-corrected chi connectivity index (χ3v) is 4.17. The molecule has 0 fully saturated rings. The first-order valence-corrected chi connectivity index (χ1v) is 7.51. The van der Waals surface area contributed by atoms with Crippen molar-refractivity contribution in [3.8, 4) is 0 Å². The molecule has 7 heteroatoms. The highest BCUT2D eigenvalue weighted by molar-refractivity contribution is 9.09. The van der Waals surface area contributed by atoms with Gasteiger partial charge in [-0.1, -0.05) is 15.9 Å². The number of amides is 1. The van der Waals surface area contributed by atoms with E-state index in [1.807, 2.05) is 0 Å². The van der Waals surface area contributed by atoms with Crippen molar-refractivity contribution in [3.63, 3.8) is 0 Å². The highest BCUT2D eigenvalue weighted by Crippen LogP contribution is 2.34. The maximum Gasteiger partial charge on any atom is 0.261 e. The van der Waals surface area contributed by atoms with E-state index in [2.05, 4.69) is 21.2 Å². The molecular weight excluding hydrogens is 351 g/mol. The number of rotatable bonds is 6. The first-order chi connectivity index (χ1) is 9.97. The Bertz CT molecular complexity index is 525. The number of hydrogen-bond donors (Lipinski definition) is 1. The van der Waals surface area contributed by atoms with Gasteiger partial charge in [0.2, 0.25) is 5.91 Å². The van der Waals surface area contributed by atoms with Crippen molar-refractivity contribution in [1.82, 2.24) is 0 Å². The van der Waals surface area contributed by atoms with Crippen LogP contribution in [0.3, 0.4) is 0 Å². The van der Waals surface area contributed by atoms with Gasteiger partial charge in [0, 0.05) is 29.1 Å². The van der Waals surface area contributed by atoms with Crippen molar-refractivity contribution in [2.24, 2.45) is 0 Å². The largest absolute Gasteiger partial charge is 0.375 e. The van der Waals surface area contributed by atoms with Crippen LogP contribution in [0.1, 0.15) is 28.8 Å². The summed E-state index contributed by atoms with van der Waals surface area (Å²) in [6.07, 6.45) is -1.17. The zero-order chi connectivity index (χ0) is 15.4. The molecule has 1 atom stereocenters. The number of hydrogen-bond acceptors (Lipinski definition) is 2. The summed E-state index contributed by atoms with van der Waals surface area (Å²) >= 11 is 3.35.